The van der Waals surface area contributed by atoms with Gasteiger partial charge < -0.3 is 14.6 Å². The van der Waals surface area contributed by atoms with E-state index >= 15 is 0 Å². The second-order valence-electron chi connectivity index (χ2n) is 6.42. The van der Waals surface area contributed by atoms with Crippen molar-refractivity contribution >= 4 is 28.3 Å². The van der Waals surface area contributed by atoms with E-state index in [1.807, 2.05) is 19.9 Å². The number of nitrogens with one attached hydrogen (secondary N) is 2. The molecule has 5 nitrogen and oxygen atoms in total. The van der Waals surface area contributed by atoms with Crippen LogP contribution in [0, 0.1) is 5.41 Å². The van der Waals surface area contributed by atoms with Crippen LogP contribution < -0.4 is 15.8 Å². The molecule has 3 aromatic rings. The average Bonchev–Trinajstić information content (AvgIpc) is 2.67. The van der Waals surface area contributed by atoms with Gasteiger partial charge in [-0.15, -0.1) is 0 Å². The molecule has 0 aliphatic carbocycles. The lowest BCUT2D eigenvalue weighted by Gasteiger charge is -2.21. The molecule has 0 saturated carbocycles. The van der Waals surface area contributed by atoms with Crippen molar-refractivity contribution in [2.24, 2.45) is 0 Å². The summed E-state index contributed by atoms with van der Waals surface area (Å²) in [5.41, 5.74) is 0.0840. The SMILES string of the molecule is CCN(CC)c1ccc2cc(C(=O)Nc3cccc(C(F)(F)F)c3)c(=N)oc2c1. The molecular weight excluding hydrogens is 383 g/mol. The molecule has 1 heterocycles. The molecule has 29 heavy (non-hydrogen) atoms. The minimum Gasteiger partial charge on any atom is -0.438 e. The molecule has 0 bridgehead atoms. The van der Waals surface area contributed by atoms with E-state index in [1.165, 1.54) is 18.2 Å². The summed E-state index contributed by atoms with van der Waals surface area (Å²) in [6.07, 6.45) is -4.51. The van der Waals surface area contributed by atoms with Crippen molar-refractivity contribution in [3.05, 3.63) is 65.2 Å². The lowest BCUT2D eigenvalue weighted by molar-refractivity contribution is -0.137. The van der Waals surface area contributed by atoms with Crippen molar-refractivity contribution in [2.45, 2.75) is 20.0 Å². The summed E-state index contributed by atoms with van der Waals surface area (Å²) in [4.78, 5) is 14.6. The van der Waals surface area contributed by atoms with Crippen molar-refractivity contribution in [2.75, 3.05) is 23.3 Å². The van der Waals surface area contributed by atoms with E-state index in [4.69, 9.17) is 9.83 Å². The van der Waals surface area contributed by atoms with Crippen molar-refractivity contribution in [3.63, 3.8) is 0 Å². The van der Waals surface area contributed by atoms with E-state index in [9.17, 15) is 18.0 Å². The smallest absolute Gasteiger partial charge is 0.416 e. The van der Waals surface area contributed by atoms with E-state index in [0.29, 0.717) is 11.0 Å². The summed E-state index contributed by atoms with van der Waals surface area (Å²) in [7, 11) is 0. The molecule has 1 amide bonds. The van der Waals surface area contributed by atoms with E-state index in [2.05, 4.69) is 10.2 Å². The third-order valence-corrected chi connectivity index (χ3v) is 4.57. The van der Waals surface area contributed by atoms with Gasteiger partial charge >= 0.3 is 6.18 Å². The number of alkyl halides is 3. The predicted molar refractivity (Wildman–Crippen MR) is 105 cm³/mol. The van der Waals surface area contributed by atoms with Gasteiger partial charge in [-0.05, 0) is 50.2 Å². The Morgan fingerprint density at radius 1 is 1.10 bits per heavy atom. The Kier molecular flexibility index (Phi) is 5.63. The van der Waals surface area contributed by atoms with Crippen LogP contribution in [-0.4, -0.2) is 19.0 Å². The normalized spacial score (nSPS) is 11.5. The fraction of sp³-hybridized carbons (Fsp3) is 0.238. The lowest BCUT2D eigenvalue weighted by Crippen LogP contribution is -2.22. The first kappa shape index (κ1) is 20.4. The van der Waals surface area contributed by atoms with E-state index in [-0.39, 0.29) is 16.8 Å². The van der Waals surface area contributed by atoms with Gasteiger partial charge in [0.15, 0.2) is 0 Å². The molecule has 0 atom stereocenters. The number of anilines is 2. The van der Waals surface area contributed by atoms with Gasteiger partial charge in [0.2, 0.25) is 5.55 Å². The Bertz CT molecular complexity index is 1100. The molecule has 0 spiro atoms. The summed E-state index contributed by atoms with van der Waals surface area (Å²) < 4.78 is 44.0. The summed E-state index contributed by atoms with van der Waals surface area (Å²) in [5, 5.41) is 11.1. The Morgan fingerprint density at radius 2 is 1.83 bits per heavy atom. The minimum atomic E-state index is -4.51. The maximum atomic E-state index is 12.8. The van der Waals surface area contributed by atoms with E-state index in [1.54, 1.807) is 12.1 Å². The number of rotatable bonds is 5. The molecule has 3 rings (SSSR count). The average molecular weight is 403 g/mol. The molecule has 0 aliphatic heterocycles. The van der Waals surface area contributed by atoms with Gasteiger partial charge in [-0.3, -0.25) is 10.2 Å². The van der Waals surface area contributed by atoms with E-state index in [0.717, 1.165) is 30.9 Å². The quantitative estimate of drug-likeness (QED) is 0.628. The van der Waals surface area contributed by atoms with Crippen molar-refractivity contribution < 1.29 is 22.4 Å². The van der Waals surface area contributed by atoms with Crippen LogP contribution in [0.25, 0.3) is 11.0 Å². The number of nitrogens with zero attached hydrogens (tertiary/aromatic N) is 1. The number of amides is 1. The molecular formula is C21H20F3N3O2. The zero-order valence-corrected chi connectivity index (χ0v) is 15.9. The van der Waals surface area contributed by atoms with Gasteiger partial charge in [0.05, 0.1) is 5.56 Å². The molecule has 0 unspecified atom stereocenters. The molecule has 0 radical (unpaired) electrons. The Hall–Kier alpha value is -3.29. The summed E-state index contributed by atoms with van der Waals surface area (Å²) in [6, 6.07) is 11.3. The van der Waals surface area contributed by atoms with Crippen LogP contribution in [0.5, 0.6) is 0 Å². The number of benzene rings is 2. The van der Waals surface area contributed by atoms with Crippen LogP contribution in [0.15, 0.2) is 52.9 Å². The van der Waals surface area contributed by atoms with Crippen LogP contribution >= 0.6 is 0 Å². The minimum absolute atomic E-state index is 0.0128. The van der Waals surface area contributed by atoms with Crippen LogP contribution in [0.2, 0.25) is 0 Å². The molecule has 0 aliphatic rings. The number of carbonyl (C=O) groups is 1. The van der Waals surface area contributed by atoms with Gasteiger partial charge in [0.25, 0.3) is 5.91 Å². The Morgan fingerprint density at radius 3 is 2.48 bits per heavy atom. The predicted octanol–water partition coefficient (Wildman–Crippen LogP) is 5.03. The van der Waals surface area contributed by atoms with Gasteiger partial charge in [0, 0.05) is 35.9 Å². The zero-order valence-electron chi connectivity index (χ0n) is 15.9. The first-order chi connectivity index (χ1) is 13.7. The highest BCUT2D eigenvalue weighted by Crippen LogP contribution is 2.30. The lowest BCUT2D eigenvalue weighted by atomic mass is 10.1. The van der Waals surface area contributed by atoms with Crippen molar-refractivity contribution in [3.8, 4) is 0 Å². The molecule has 2 aromatic carbocycles. The summed E-state index contributed by atoms with van der Waals surface area (Å²) in [5.74, 6) is -0.715. The van der Waals surface area contributed by atoms with Crippen molar-refractivity contribution in [1.82, 2.24) is 0 Å². The maximum absolute atomic E-state index is 12.8. The fourth-order valence-corrected chi connectivity index (χ4v) is 3.04. The molecule has 2 N–H and O–H groups in total. The largest absolute Gasteiger partial charge is 0.438 e. The zero-order chi connectivity index (χ0) is 21.2. The first-order valence-corrected chi connectivity index (χ1v) is 9.09. The number of carbonyl (C=O) groups excluding carboxylic acids is 1. The number of halogens is 3. The third-order valence-electron chi connectivity index (χ3n) is 4.57. The van der Waals surface area contributed by atoms with Crippen molar-refractivity contribution in [1.29, 1.82) is 5.41 Å². The highest BCUT2D eigenvalue weighted by molar-refractivity contribution is 6.05. The first-order valence-electron chi connectivity index (χ1n) is 9.09. The second-order valence-corrected chi connectivity index (χ2v) is 6.42. The molecule has 8 heteroatoms. The number of fused-ring (bicyclic) bond motifs is 1. The van der Waals surface area contributed by atoms with Crippen LogP contribution in [0.3, 0.4) is 0 Å². The highest BCUT2D eigenvalue weighted by Gasteiger charge is 2.30. The maximum Gasteiger partial charge on any atom is 0.416 e. The molecule has 1 aromatic heterocycles. The number of hydrogen-bond donors (Lipinski definition) is 2. The van der Waals surface area contributed by atoms with Crippen LogP contribution in [-0.2, 0) is 6.18 Å². The second kappa shape index (κ2) is 7.98. The fourth-order valence-electron chi connectivity index (χ4n) is 3.04. The third kappa shape index (κ3) is 4.42. The van der Waals surface area contributed by atoms with E-state index < -0.39 is 17.6 Å². The summed E-state index contributed by atoms with van der Waals surface area (Å²) in [6.45, 7) is 5.68. The topological polar surface area (TPSA) is 69.3 Å². The van der Waals surface area contributed by atoms with Crippen LogP contribution in [0.1, 0.15) is 29.8 Å². The van der Waals surface area contributed by atoms with Gasteiger partial charge in [-0.1, -0.05) is 6.07 Å². The van der Waals surface area contributed by atoms with Gasteiger partial charge in [-0.25, -0.2) is 0 Å². The monoisotopic (exact) mass is 403 g/mol. The summed E-state index contributed by atoms with van der Waals surface area (Å²) >= 11 is 0. The number of hydrogen-bond acceptors (Lipinski definition) is 4. The molecule has 152 valence electrons. The molecule has 0 saturated heterocycles. The highest BCUT2D eigenvalue weighted by atomic mass is 19.4. The Balaban J connectivity index is 1.91. The van der Waals surface area contributed by atoms with Gasteiger partial charge in [0.1, 0.15) is 11.1 Å². The standard InChI is InChI=1S/C21H20F3N3O2/c1-3-27(4-2)16-9-8-13-10-17(19(25)29-18(13)12-16)20(28)26-15-7-5-6-14(11-15)21(22,23)24/h5-12,25H,3-4H2,1-2H3,(H,26,28). The van der Waals surface area contributed by atoms with Gasteiger partial charge in [-0.2, -0.15) is 13.2 Å². The molecule has 0 fully saturated rings. The Labute approximate surface area is 165 Å². The van der Waals surface area contributed by atoms with Crippen LogP contribution in [0.4, 0.5) is 24.5 Å².